The summed E-state index contributed by atoms with van der Waals surface area (Å²) in [6, 6.07) is 15.0. The number of halogens is 1. The first-order chi connectivity index (χ1) is 9.83. The molecule has 1 saturated heterocycles. The predicted octanol–water partition coefficient (Wildman–Crippen LogP) is 4.18. The number of hydrogen-bond donors (Lipinski definition) is 0. The van der Waals surface area contributed by atoms with E-state index < -0.39 is 0 Å². The monoisotopic (exact) mass is 268 g/mol. The first-order valence-electron chi connectivity index (χ1n) is 6.96. The Hall–Kier alpha value is -2.16. The highest BCUT2D eigenvalue weighted by Gasteiger charge is 2.15. The van der Waals surface area contributed by atoms with Crippen molar-refractivity contribution in [1.29, 1.82) is 0 Å². The summed E-state index contributed by atoms with van der Waals surface area (Å²) >= 11 is 0. The van der Waals surface area contributed by atoms with Crippen LogP contribution in [-0.4, -0.2) is 19.3 Å². The molecule has 20 heavy (non-hydrogen) atoms. The Labute approximate surface area is 118 Å². The summed E-state index contributed by atoms with van der Waals surface area (Å²) in [5, 5.41) is 0. The van der Waals surface area contributed by atoms with E-state index >= 15 is 0 Å². The van der Waals surface area contributed by atoms with Gasteiger partial charge in [-0.1, -0.05) is 24.3 Å². The fourth-order valence-corrected chi connectivity index (χ4v) is 2.48. The fraction of sp³-hybridized carbons (Fsp3) is 0.235. The molecule has 3 rings (SSSR count). The molecule has 0 aromatic heterocycles. The van der Waals surface area contributed by atoms with Crippen molar-refractivity contribution in [1.82, 2.24) is 0 Å². The zero-order valence-electron chi connectivity index (χ0n) is 11.3. The first kappa shape index (κ1) is 12.9. The molecule has 0 amide bonds. The van der Waals surface area contributed by atoms with E-state index in [1.165, 1.54) is 0 Å². The Morgan fingerprint density at radius 1 is 1.00 bits per heavy atom. The molecule has 0 bridgehead atoms. The van der Waals surface area contributed by atoms with Crippen molar-refractivity contribution in [3.63, 3.8) is 0 Å². The molecular formula is C17H17FN2. The number of benzene rings is 2. The van der Waals surface area contributed by atoms with Gasteiger partial charge >= 0.3 is 0 Å². The third-order valence-electron chi connectivity index (χ3n) is 3.54. The zero-order chi connectivity index (χ0) is 13.8. The Balaban J connectivity index is 1.78. The summed E-state index contributed by atoms with van der Waals surface area (Å²) in [6.45, 7) is 1.91. The average molecular weight is 268 g/mol. The van der Waals surface area contributed by atoms with Crippen LogP contribution in [0.15, 0.2) is 53.5 Å². The fourth-order valence-electron chi connectivity index (χ4n) is 2.48. The summed E-state index contributed by atoms with van der Waals surface area (Å²) in [4.78, 5) is 6.44. The summed E-state index contributed by atoms with van der Waals surface area (Å²) in [7, 11) is 0. The van der Waals surface area contributed by atoms with E-state index in [0.717, 1.165) is 37.2 Å². The lowest BCUT2D eigenvalue weighted by Gasteiger charge is -2.18. The van der Waals surface area contributed by atoms with Crippen LogP contribution in [0.2, 0.25) is 0 Å². The van der Waals surface area contributed by atoms with Gasteiger partial charge in [-0.15, -0.1) is 0 Å². The minimum atomic E-state index is -0.163. The molecule has 102 valence electrons. The molecule has 0 aliphatic carbocycles. The van der Waals surface area contributed by atoms with Gasteiger partial charge in [-0.2, -0.15) is 0 Å². The van der Waals surface area contributed by atoms with E-state index in [0.29, 0.717) is 5.69 Å². The Morgan fingerprint density at radius 2 is 1.75 bits per heavy atom. The molecule has 0 spiro atoms. The number of hydrogen-bond acceptors (Lipinski definition) is 2. The molecule has 2 nitrogen and oxygen atoms in total. The van der Waals surface area contributed by atoms with Crippen LogP contribution >= 0.6 is 0 Å². The van der Waals surface area contributed by atoms with Crippen molar-refractivity contribution in [2.75, 3.05) is 18.0 Å². The van der Waals surface area contributed by atoms with Gasteiger partial charge < -0.3 is 4.90 Å². The first-order valence-corrected chi connectivity index (χ1v) is 6.96. The normalized spacial score (nSPS) is 15.2. The van der Waals surface area contributed by atoms with Gasteiger partial charge in [0, 0.05) is 19.3 Å². The second-order valence-electron chi connectivity index (χ2n) is 5.00. The molecule has 3 heteroatoms. The number of para-hydroxylation sites is 1. The van der Waals surface area contributed by atoms with E-state index in [1.54, 1.807) is 12.3 Å². The van der Waals surface area contributed by atoms with Crippen LogP contribution in [0.25, 0.3) is 0 Å². The Bertz CT molecular complexity index is 602. The molecule has 0 unspecified atom stereocenters. The summed E-state index contributed by atoms with van der Waals surface area (Å²) in [5.41, 5.74) is 2.37. The molecular weight excluding hydrogens is 251 g/mol. The number of aliphatic imine (C=N–C) groups is 1. The maximum atomic E-state index is 14.1. The van der Waals surface area contributed by atoms with Gasteiger partial charge in [-0.05, 0) is 42.7 Å². The lowest BCUT2D eigenvalue weighted by atomic mass is 10.2. The van der Waals surface area contributed by atoms with Crippen LogP contribution in [0.1, 0.15) is 18.4 Å². The highest BCUT2D eigenvalue weighted by molar-refractivity contribution is 5.82. The lowest BCUT2D eigenvalue weighted by molar-refractivity contribution is 0.623. The van der Waals surface area contributed by atoms with Gasteiger partial charge in [0.1, 0.15) is 5.82 Å². The summed E-state index contributed by atoms with van der Waals surface area (Å²) in [6.07, 6.45) is 4.00. The maximum Gasteiger partial charge on any atom is 0.147 e. The lowest BCUT2D eigenvalue weighted by Crippen LogP contribution is -2.18. The van der Waals surface area contributed by atoms with Gasteiger partial charge in [-0.25, -0.2) is 4.39 Å². The van der Waals surface area contributed by atoms with Crippen molar-refractivity contribution >= 4 is 17.6 Å². The van der Waals surface area contributed by atoms with E-state index in [-0.39, 0.29) is 5.82 Å². The minimum absolute atomic E-state index is 0.163. The van der Waals surface area contributed by atoms with Crippen LogP contribution < -0.4 is 4.90 Å². The highest BCUT2D eigenvalue weighted by atomic mass is 19.1. The van der Waals surface area contributed by atoms with E-state index in [4.69, 9.17) is 0 Å². The Kier molecular flexibility index (Phi) is 3.77. The van der Waals surface area contributed by atoms with Crippen LogP contribution in [-0.2, 0) is 0 Å². The second-order valence-corrected chi connectivity index (χ2v) is 5.00. The zero-order valence-corrected chi connectivity index (χ0v) is 11.3. The number of rotatable bonds is 3. The van der Waals surface area contributed by atoms with Gasteiger partial charge in [0.15, 0.2) is 0 Å². The van der Waals surface area contributed by atoms with Crippen molar-refractivity contribution in [2.45, 2.75) is 12.8 Å². The van der Waals surface area contributed by atoms with Crippen molar-refractivity contribution in [2.24, 2.45) is 4.99 Å². The molecule has 1 aliphatic rings. The number of anilines is 1. The molecule has 0 saturated carbocycles. The summed E-state index contributed by atoms with van der Waals surface area (Å²) < 4.78 is 14.1. The topological polar surface area (TPSA) is 15.6 Å². The molecule has 2 aromatic carbocycles. The molecule has 0 atom stereocenters. The standard InChI is InChI=1S/C17H17FN2/c18-16-12-14(13-19-15-6-2-1-3-7-15)8-9-17(16)20-10-4-5-11-20/h1-3,6-9,12-13H,4-5,10-11H2. The third-order valence-corrected chi connectivity index (χ3v) is 3.54. The van der Waals surface area contributed by atoms with Gasteiger partial charge in [0.2, 0.25) is 0 Å². The average Bonchev–Trinajstić information content (AvgIpc) is 3.00. The van der Waals surface area contributed by atoms with E-state index in [9.17, 15) is 4.39 Å². The highest BCUT2D eigenvalue weighted by Crippen LogP contribution is 2.24. The molecule has 2 aromatic rings. The smallest absolute Gasteiger partial charge is 0.147 e. The molecule has 1 fully saturated rings. The third kappa shape index (κ3) is 2.87. The van der Waals surface area contributed by atoms with Crippen LogP contribution in [0, 0.1) is 5.82 Å². The largest absolute Gasteiger partial charge is 0.369 e. The molecule has 0 N–H and O–H groups in total. The van der Waals surface area contributed by atoms with E-state index in [1.807, 2.05) is 42.5 Å². The maximum absolute atomic E-state index is 14.1. The second kappa shape index (κ2) is 5.87. The SMILES string of the molecule is Fc1cc(C=Nc2ccccc2)ccc1N1CCCC1. The predicted molar refractivity (Wildman–Crippen MR) is 81.5 cm³/mol. The van der Waals surface area contributed by atoms with Gasteiger partial charge in [0.25, 0.3) is 0 Å². The molecule has 0 radical (unpaired) electrons. The Morgan fingerprint density at radius 3 is 2.45 bits per heavy atom. The van der Waals surface area contributed by atoms with Crippen LogP contribution in [0.4, 0.5) is 15.8 Å². The van der Waals surface area contributed by atoms with Crippen LogP contribution in [0.5, 0.6) is 0 Å². The van der Waals surface area contributed by atoms with E-state index in [2.05, 4.69) is 9.89 Å². The molecule has 1 aliphatic heterocycles. The van der Waals surface area contributed by atoms with Gasteiger partial charge in [-0.3, -0.25) is 4.99 Å². The van der Waals surface area contributed by atoms with Crippen molar-refractivity contribution < 1.29 is 4.39 Å². The quantitative estimate of drug-likeness (QED) is 0.763. The van der Waals surface area contributed by atoms with Crippen LogP contribution in [0.3, 0.4) is 0 Å². The number of nitrogens with zero attached hydrogens (tertiary/aromatic N) is 2. The summed E-state index contributed by atoms with van der Waals surface area (Å²) in [5.74, 6) is -0.163. The van der Waals surface area contributed by atoms with Crippen molar-refractivity contribution in [3.05, 3.63) is 59.9 Å². The molecule has 1 heterocycles. The minimum Gasteiger partial charge on any atom is -0.369 e. The van der Waals surface area contributed by atoms with Crippen molar-refractivity contribution in [3.8, 4) is 0 Å². The van der Waals surface area contributed by atoms with Gasteiger partial charge in [0.05, 0.1) is 11.4 Å².